The van der Waals surface area contributed by atoms with Gasteiger partial charge in [0.15, 0.2) is 0 Å². The van der Waals surface area contributed by atoms with Gasteiger partial charge in [-0.3, -0.25) is 0 Å². The first-order valence-electron chi connectivity index (χ1n) is 3.93. The van der Waals surface area contributed by atoms with E-state index in [1.54, 1.807) is 0 Å². The van der Waals surface area contributed by atoms with Crippen LogP contribution < -0.4 is 0 Å². The van der Waals surface area contributed by atoms with Gasteiger partial charge < -0.3 is 5.11 Å². The summed E-state index contributed by atoms with van der Waals surface area (Å²) in [6.45, 7) is 12.0. The Morgan fingerprint density at radius 2 is 1.75 bits per heavy atom. The lowest BCUT2D eigenvalue weighted by molar-refractivity contribution is -0.132. The summed E-state index contributed by atoms with van der Waals surface area (Å²) < 4.78 is 0. The van der Waals surface area contributed by atoms with Crippen LogP contribution >= 0.6 is 7.92 Å². The molecule has 0 aliphatic heterocycles. The van der Waals surface area contributed by atoms with E-state index in [-0.39, 0.29) is 0 Å². The molecule has 12 heavy (non-hydrogen) atoms. The molecule has 2 nitrogen and oxygen atoms in total. The molecule has 0 aromatic carbocycles. The van der Waals surface area contributed by atoms with E-state index in [0.717, 1.165) is 6.42 Å². The van der Waals surface area contributed by atoms with Crippen molar-refractivity contribution in [3.8, 4) is 0 Å². The summed E-state index contributed by atoms with van der Waals surface area (Å²) in [6, 6.07) is 0. The van der Waals surface area contributed by atoms with Gasteiger partial charge >= 0.3 is 5.97 Å². The topological polar surface area (TPSA) is 37.3 Å². The zero-order valence-electron chi connectivity index (χ0n) is 8.42. The largest absolute Gasteiger partial charge is 0.478 e. The molecule has 0 aromatic rings. The van der Waals surface area contributed by atoms with Gasteiger partial charge in [0, 0.05) is 5.57 Å². The first-order chi connectivity index (χ1) is 5.41. The van der Waals surface area contributed by atoms with E-state index in [4.69, 9.17) is 5.11 Å². The monoisotopic (exact) mass is 190 g/mol. The molecule has 0 atom stereocenters. The third-order valence-electron chi connectivity index (χ3n) is 0.854. The van der Waals surface area contributed by atoms with Crippen molar-refractivity contribution in [2.75, 3.05) is 20.0 Å². The highest BCUT2D eigenvalue weighted by Crippen LogP contribution is 2.14. The van der Waals surface area contributed by atoms with E-state index < -0.39 is 5.97 Å². The van der Waals surface area contributed by atoms with E-state index in [1.165, 1.54) is 0 Å². The molecule has 0 rings (SSSR count). The van der Waals surface area contributed by atoms with Crippen LogP contribution in [0.3, 0.4) is 0 Å². The minimum Gasteiger partial charge on any atom is -0.478 e. The van der Waals surface area contributed by atoms with Crippen LogP contribution in [-0.2, 0) is 4.79 Å². The molecule has 0 aromatic heterocycles. The van der Waals surface area contributed by atoms with Crippen molar-refractivity contribution in [1.82, 2.24) is 0 Å². The standard InChI is InChI=1S/C6H10O2.C3H9P/c1-3-4-5(2)6(7)8;1-4(2)3/h2-4H2,1H3,(H,7,8);1-3H3. The van der Waals surface area contributed by atoms with E-state index in [2.05, 4.69) is 26.6 Å². The number of carboxylic acid groups (broad SMARTS) is 1. The first kappa shape index (κ1) is 14.2. The smallest absolute Gasteiger partial charge is 0.330 e. The van der Waals surface area contributed by atoms with Crippen molar-refractivity contribution >= 4 is 13.9 Å². The van der Waals surface area contributed by atoms with Gasteiger partial charge in [0.1, 0.15) is 0 Å². The van der Waals surface area contributed by atoms with Crippen molar-refractivity contribution in [1.29, 1.82) is 0 Å². The summed E-state index contributed by atoms with van der Waals surface area (Å²) in [7, 11) is 0.380. The fourth-order valence-electron chi connectivity index (χ4n) is 0.409. The average molecular weight is 190 g/mol. The molecular formula is C9H19O2P. The van der Waals surface area contributed by atoms with Gasteiger partial charge in [-0.2, -0.15) is 0 Å². The van der Waals surface area contributed by atoms with Crippen molar-refractivity contribution in [3.63, 3.8) is 0 Å². The third kappa shape index (κ3) is 16.3. The fraction of sp³-hybridized carbons (Fsp3) is 0.667. The molecule has 1 N–H and O–H groups in total. The molecule has 0 fully saturated rings. The van der Waals surface area contributed by atoms with Gasteiger partial charge in [-0.15, -0.1) is 7.92 Å². The first-order valence-corrected chi connectivity index (χ1v) is 6.62. The highest BCUT2D eigenvalue weighted by molar-refractivity contribution is 7.55. The Morgan fingerprint density at radius 3 is 1.83 bits per heavy atom. The van der Waals surface area contributed by atoms with E-state index in [1.807, 2.05) is 6.92 Å². The Balaban J connectivity index is 0. The predicted octanol–water partition coefficient (Wildman–Crippen LogP) is 2.79. The highest BCUT2D eigenvalue weighted by atomic mass is 31.1. The number of carbonyl (C=O) groups is 1. The molecule has 3 heteroatoms. The Kier molecular flexibility index (Phi) is 10.3. The molecule has 0 spiro atoms. The second-order valence-electron chi connectivity index (χ2n) is 3.00. The van der Waals surface area contributed by atoms with Crippen LogP contribution in [0.5, 0.6) is 0 Å². The van der Waals surface area contributed by atoms with Crippen LogP contribution in [-0.4, -0.2) is 31.1 Å². The minimum atomic E-state index is -0.883. The van der Waals surface area contributed by atoms with Crippen LogP contribution in [0.2, 0.25) is 0 Å². The number of hydrogen-bond acceptors (Lipinski definition) is 1. The van der Waals surface area contributed by atoms with Crippen molar-refractivity contribution < 1.29 is 9.90 Å². The maximum atomic E-state index is 9.99. The van der Waals surface area contributed by atoms with Crippen LogP contribution in [0.4, 0.5) is 0 Å². The summed E-state index contributed by atoms with van der Waals surface area (Å²) in [4.78, 5) is 9.99. The van der Waals surface area contributed by atoms with Crippen molar-refractivity contribution in [2.45, 2.75) is 19.8 Å². The molecule has 0 heterocycles. The van der Waals surface area contributed by atoms with E-state index >= 15 is 0 Å². The third-order valence-corrected chi connectivity index (χ3v) is 0.854. The van der Waals surface area contributed by atoms with Gasteiger partial charge in [0.25, 0.3) is 0 Å². The lowest BCUT2D eigenvalue weighted by Gasteiger charge is -1.92. The quantitative estimate of drug-likeness (QED) is 0.548. The second-order valence-corrected chi connectivity index (χ2v) is 5.68. The summed E-state index contributed by atoms with van der Waals surface area (Å²) >= 11 is 0. The van der Waals surface area contributed by atoms with Crippen molar-refractivity contribution in [2.24, 2.45) is 0 Å². The number of rotatable bonds is 3. The van der Waals surface area contributed by atoms with Crippen LogP contribution in [0.1, 0.15) is 19.8 Å². The number of hydrogen-bond donors (Lipinski definition) is 1. The summed E-state index contributed by atoms with van der Waals surface area (Å²) in [5, 5.41) is 8.21. The summed E-state index contributed by atoms with van der Waals surface area (Å²) in [5.41, 5.74) is 0.299. The molecular weight excluding hydrogens is 171 g/mol. The van der Waals surface area contributed by atoms with Crippen LogP contribution in [0, 0.1) is 0 Å². The highest BCUT2D eigenvalue weighted by Gasteiger charge is 1.99. The molecule has 0 radical (unpaired) electrons. The van der Waals surface area contributed by atoms with Crippen LogP contribution in [0.15, 0.2) is 12.2 Å². The van der Waals surface area contributed by atoms with Gasteiger partial charge in [-0.1, -0.05) is 19.9 Å². The SMILES string of the molecule is C=C(CCC)C(=O)O.CP(C)C. The molecule has 0 aliphatic rings. The Labute approximate surface area is 76.4 Å². The minimum absolute atomic E-state index is 0.299. The zero-order chi connectivity index (χ0) is 10.1. The lowest BCUT2D eigenvalue weighted by atomic mass is 10.2. The maximum Gasteiger partial charge on any atom is 0.330 e. The maximum absolute atomic E-state index is 9.99. The van der Waals surface area contributed by atoms with Gasteiger partial charge in [-0.25, -0.2) is 4.79 Å². The molecule has 0 aliphatic carbocycles. The number of carboxylic acids is 1. The molecule has 0 saturated carbocycles. The van der Waals surface area contributed by atoms with Crippen LogP contribution in [0.25, 0.3) is 0 Å². The Morgan fingerprint density at radius 1 is 1.42 bits per heavy atom. The zero-order valence-corrected chi connectivity index (χ0v) is 9.32. The van der Waals surface area contributed by atoms with E-state index in [0.29, 0.717) is 19.9 Å². The molecule has 0 bridgehead atoms. The number of aliphatic carboxylic acids is 1. The van der Waals surface area contributed by atoms with Gasteiger partial charge in [-0.05, 0) is 26.4 Å². The second kappa shape index (κ2) is 8.73. The molecule has 72 valence electrons. The lowest BCUT2D eigenvalue weighted by Crippen LogP contribution is -1.97. The molecule has 0 amide bonds. The normalized spacial score (nSPS) is 8.75. The predicted molar refractivity (Wildman–Crippen MR) is 56.4 cm³/mol. The Bertz CT molecular complexity index is 139. The summed E-state index contributed by atoms with van der Waals surface area (Å²) in [5.74, 6) is -0.883. The Hall–Kier alpha value is -0.360. The van der Waals surface area contributed by atoms with Gasteiger partial charge in [0.05, 0.1) is 0 Å². The average Bonchev–Trinajstić information content (AvgIpc) is 1.86. The molecule has 0 unspecified atom stereocenters. The van der Waals surface area contributed by atoms with Gasteiger partial charge in [0.2, 0.25) is 0 Å². The van der Waals surface area contributed by atoms with E-state index in [9.17, 15) is 4.79 Å². The summed E-state index contributed by atoms with van der Waals surface area (Å²) in [6.07, 6.45) is 1.44. The van der Waals surface area contributed by atoms with Crippen molar-refractivity contribution in [3.05, 3.63) is 12.2 Å². The molecule has 0 saturated heterocycles. The fourth-order valence-corrected chi connectivity index (χ4v) is 0.409.